The zero-order chi connectivity index (χ0) is 11.4. The van der Waals surface area contributed by atoms with Crippen LogP contribution in [0.5, 0.6) is 0 Å². The Morgan fingerprint density at radius 3 is 2.22 bits per heavy atom. The summed E-state index contributed by atoms with van der Waals surface area (Å²) in [5.74, 6) is -0.235. The van der Waals surface area contributed by atoms with Gasteiger partial charge in [-0.2, -0.15) is 0 Å². The molecule has 2 N–H and O–H groups in total. The van der Waals surface area contributed by atoms with Crippen molar-refractivity contribution in [1.29, 1.82) is 0 Å². The van der Waals surface area contributed by atoms with Crippen molar-refractivity contribution in [2.24, 2.45) is 0 Å². The Labute approximate surface area is 119 Å². The highest BCUT2D eigenvalue weighted by Gasteiger charge is 2.21. The molecule has 0 saturated carbocycles. The Kier molecular flexibility index (Phi) is 8.48. The normalized spacial score (nSPS) is 17.4. The first-order valence-corrected chi connectivity index (χ1v) is 5.62. The van der Waals surface area contributed by atoms with Gasteiger partial charge in [0.1, 0.15) is 5.82 Å². The van der Waals surface area contributed by atoms with Crippen molar-refractivity contribution >= 4 is 24.8 Å². The van der Waals surface area contributed by atoms with Crippen molar-refractivity contribution in [3.63, 3.8) is 0 Å². The molecular weight excluding hydrogens is 278 g/mol. The molecule has 1 aliphatic rings. The topological polar surface area (TPSA) is 35.5 Å². The summed E-state index contributed by atoms with van der Waals surface area (Å²) in [6, 6.07) is 6.37. The molecule has 0 aromatic heterocycles. The van der Waals surface area contributed by atoms with Crippen LogP contribution in [0.3, 0.4) is 0 Å². The SMILES string of the molecule is Cl.Cl.OCC(c1ccc(F)cc1)N1CCNCC1. The minimum Gasteiger partial charge on any atom is -0.394 e. The summed E-state index contributed by atoms with van der Waals surface area (Å²) in [4.78, 5) is 2.23. The summed E-state index contributed by atoms with van der Waals surface area (Å²) >= 11 is 0. The van der Waals surface area contributed by atoms with Crippen molar-refractivity contribution in [2.75, 3.05) is 32.8 Å². The minimum absolute atomic E-state index is 0. The van der Waals surface area contributed by atoms with E-state index in [1.165, 1.54) is 12.1 Å². The smallest absolute Gasteiger partial charge is 0.123 e. The fraction of sp³-hybridized carbons (Fsp3) is 0.500. The average molecular weight is 297 g/mol. The molecule has 3 nitrogen and oxygen atoms in total. The minimum atomic E-state index is -0.235. The molecule has 1 saturated heterocycles. The molecule has 0 bridgehead atoms. The van der Waals surface area contributed by atoms with Crippen LogP contribution in [0.2, 0.25) is 0 Å². The summed E-state index contributed by atoms with van der Waals surface area (Å²) in [5, 5.41) is 12.7. The van der Waals surface area contributed by atoms with E-state index in [4.69, 9.17) is 0 Å². The number of aliphatic hydroxyl groups excluding tert-OH is 1. The van der Waals surface area contributed by atoms with E-state index >= 15 is 0 Å². The highest BCUT2D eigenvalue weighted by atomic mass is 35.5. The van der Waals surface area contributed by atoms with Crippen molar-refractivity contribution in [3.05, 3.63) is 35.6 Å². The van der Waals surface area contributed by atoms with Gasteiger partial charge in [-0.15, -0.1) is 24.8 Å². The standard InChI is InChI=1S/C12H17FN2O.2ClH/c13-11-3-1-10(2-4-11)12(9-16)15-7-5-14-6-8-15;;/h1-4,12,14,16H,5-9H2;2*1H. The lowest BCUT2D eigenvalue weighted by Gasteiger charge is -2.34. The molecule has 1 aromatic rings. The average Bonchev–Trinajstić information content (AvgIpc) is 2.34. The second kappa shape index (κ2) is 8.67. The van der Waals surface area contributed by atoms with Crippen LogP contribution in [0.1, 0.15) is 11.6 Å². The van der Waals surface area contributed by atoms with Gasteiger partial charge in [-0.1, -0.05) is 12.1 Å². The summed E-state index contributed by atoms with van der Waals surface area (Å²) in [5.41, 5.74) is 0.978. The molecule has 0 aliphatic carbocycles. The van der Waals surface area contributed by atoms with Gasteiger partial charge in [0, 0.05) is 26.2 Å². The monoisotopic (exact) mass is 296 g/mol. The number of halogens is 3. The quantitative estimate of drug-likeness (QED) is 0.890. The van der Waals surface area contributed by atoms with Gasteiger partial charge in [-0.05, 0) is 17.7 Å². The number of nitrogens with zero attached hydrogens (tertiary/aromatic N) is 1. The number of hydrogen-bond donors (Lipinski definition) is 2. The fourth-order valence-electron chi connectivity index (χ4n) is 2.11. The zero-order valence-electron chi connectivity index (χ0n) is 10.0. The number of rotatable bonds is 3. The van der Waals surface area contributed by atoms with Gasteiger partial charge in [0.15, 0.2) is 0 Å². The van der Waals surface area contributed by atoms with Crippen LogP contribution < -0.4 is 5.32 Å². The van der Waals surface area contributed by atoms with Crippen LogP contribution in [-0.4, -0.2) is 42.8 Å². The predicted molar refractivity (Wildman–Crippen MR) is 75.2 cm³/mol. The molecule has 1 fully saturated rings. The third kappa shape index (κ3) is 4.37. The summed E-state index contributed by atoms with van der Waals surface area (Å²) in [6.07, 6.45) is 0. The first-order valence-electron chi connectivity index (χ1n) is 5.62. The molecule has 1 aromatic carbocycles. The predicted octanol–water partition coefficient (Wildman–Crippen LogP) is 1.61. The first-order chi connectivity index (χ1) is 7.81. The van der Waals surface area contributed by atoms with Gasteiger partial charge < -0.3 is 10.4 Å². The Hall–Kier alpha value is -0.390. The lowest BCUT2D eigenvalue weighted by molar-refractivity contribution is 0.111. The van der Waals surface area contributed by atoms with E-state index in [2.05, 4.69) is 10.2 Å². The largest absolute Gasteiger partial charge is 0.394 e. The number of benzene rings is 1. The van der Waals surface area contributed by atoms with E-state index in [0.29, 0.717) is 0 Å². The van der Waals surface area contributed by atoms with Crippen LogP contribution in [-0.2, 0) is 0 Å². The summed E-state index contributed by atoms with van der Waals surface area (Å²) in [7, 11) is 0. The molecule has 0 spiro atoms. The third-order valence-electron chi connectivity index (χ3n) is 3.02. The Bertz CT molecular complexity index is 331. The maximum Gasteiger partial charge on any atom is 0.123 e. The molecule has 1 unspecified atom stereocenters. The van der Waals surface area contributed by atoms with Crippen molar-refractivity contribution < 1.29 is 9.50 Å². The molecule has 1 heterocycles. The molecule has 6 heteroatoms. The number of aliphatic hydroxyl groups is 1. The maximum absolute atomic E-state index is 12.8. The lowest BCUT2D eigenvalue weighted by Crippen LogP contribution is -2.46. The lowest BCUT2D eigenvalue weighted by atomic mass is 10.1. The Morgan fingerprint density at radius 2 is 1.72 bits per heavy atom. The highest BCUT2D eigenvalue weighted by Crippen LogP contribution is 2.20. The van der Waals surface area contributed by atoms with Gasteiger partial charge in [0.2, 0.25) is 0 Å². The molecular formula is C12H19Cl2FN2O. The maximum atomic E-state index is 12.8. The first kappa shape index (κ1) is 17.6. The van der Waals surface area contributed by atoms with Crippen LogP contribution in [0.15, 0.2) is 24.3 Å². The summed E-state index contributed by atoms with van der Waals surface area (Å²) in [6.45, 7) is 3.80. The zero-order valence-corrected chi connectivity index (χ0v) is 11.6. The summed E-state index contributed by atoms with van der Waals surface area (Å²) < 4.78 is 12.8. The van der Waals surface area contributed by atoms with E-state index in [-0.39, 0.29) is 43.3 Å². The van der Waals surface area contributed by atoms with Crippen LogP contribution >= 0.6 is 24.8 Å². The van der Waals surface area contributed by atoms with Crippen LogP contribution in [0.4, 0.5) is 4.39 Å². The van der Waals surface area contributed by atoms with E-state index in [9.17, 15) is 9.50 Å². The third-order valence-corrected chi connectivity index (χ3v) is 3.02. The second-order valence-corrected chi connectivity index (χ2v) is 4.04. The number of piperazine rings is 1. The molecule has 1 aliphatic heterocycles. The molecule has 1 atom stereocenters. The Balaban J connectivity index is 0.00000144. The van der Waals surface area contributed by atoms with Crippen LogP contribution in [0.25, 0.3) is 0 Å². The van der Waals surface area contributed by atoms with Crippen LogP contribution in [0, 0.1) is 5.82 Å². The van der Waals surface area contributed by atoms with Gasteiger partial charge in [-0.25, -0.2) is 4.39 Å². The van der Waals surface area contributed by atoms with Gasteiger partial charge in [0.25, 0.3) is 0 Å². The van der Waals surface area contributed by atoms with E-state index in [0.717, 1.165) is 31.7 Å². The van der Waals surface area contributed by atoms with Gasteiger partial charge in [-0.3, -0.25) is 4.90 Å². The van der Waals surface area contributed by atoms with Crippen molar-refractivity contribution in [1.82, 2.24) is 10.2 Å². The number of nitrogens with one attached hydrogen (secondary N) is 1. The second-order valence-electron chi connectivity index (χ2n) is 4.04. The molecule has 2 rings (SSSR count). The number of hydrogen-bond acceptors (Lipinski definition) is 3. The van der Waals surface area contributed by atoms with E-state index < -0.39 is 0 Å². The van der Waals surface area contributed by atoms with Gasteiger partial charge in [0.05, 0.1) is 12.6 Å². The highest BCUT2D eigenvalue weighted by molar-refractivity contribution is 5.85. The van der Waals surface area contributed by atoms with Crippen molar-refractivity contribution in [2.45, 2.75) is 6.04 Å². The van der Waals surface area contributed by atoms with E-state index in [1.54, 1.807) is 12.1 Å². The fourth-order valence-corrected chi connectivity index (χ4v) is 2.11. The Morgan fingerprint density at radius 1 is 1.17 bits per heavy atom. The molecule has 0 amide bonds. The van der Waals surface area contributed by atoms with Crippen molar-refractivity contribution in [3.8, 4) is 0 Å². The van der Waals surface area contributed by atoms with Gasteiger partial charge >= 0.3 is 0 Å². The molecule has 0 radical (unpaired) electrons. The molecule has 18 heavy (non-hydrogen) atoms. The molecule has 104 valence electrons. The van der Waals surface area contributed by atoms with E-state index in [1.807, 2.05) is 0 Å².